The molecule has 0 spiro atoms. The maximum atomic E-state index is 13.1. The quantitative estimate of drug-likeness (QED) is 0.834. The van der Waals surface area contributed by atoms with Crippen molar-refractivity contribution in [2.75, 3.05) is 37.7 Å². The van der Waals surface area contributed by atoms with Crippen molar-refractivity contribution < 1.29 is 17.9 Å². The third-order valence-corrected chi connectivity index (χ3v) is 4.80. The van der Waals surface area contributed by atoms with Crippen molar-refractivity contribution in [3.05, 3.63) is 24.0 Å². The molecule has 0 saturated carbocycles. The molecule has 1 unspecified atom stereocenters. The molecule has 0 bridgehead atoms. The average Bonchev–Trinajstić information content (AvgIpc) is 2.55. The van der Waals surface area contributed by atoms with Gasteiger partial charge in [0.05, 0.1) is 24.5 Å². The molecule has 0 aliphatic carbocycles. The first-order chi connectivity index (χ1) is 11.0. The molecular formula is C16H22F3N3O. The van der Waals surface area contributed by atoms with Gasteiger partial charge in [0.2, 0.25) is 0 Å². The molecule has 0 N–H and O–H groups in total. The average molecular weight is 329 g/mol. The predicted molar refractivity (Wildman–Crippen MR) is 81.5 cm³/mol. The van der Waals surface area contributed by atoms with E-state index in [9.17, 15) is 13.2 Å². The lowest BCUT2D eigenvalue weighted by molar-refractivity contribution is -0.137. The van der Waals surface area contributed by atoms with E-state index in [1.807, 2.05) is 4.90 Å². The highest BCUT2D eigenvalue weighted by molar-refractivity contribution is 5.54. The zero-order valence-corrected chi connectivity index (χ0v) is 13.2. The van der Waals surface area contributed by atoms with Crippen LogP contribution in [-0.4, -0.2) is 54.8 Å². The fourth-order valence-electron chi connectivity index (χ4n) is 3.60. The van der Waals surface area contributed by atoms with E-state index in [1.165, 1.54) is 12.3 Å². The number of morpholine rings is 1. The van der Waals surface area contributed by atoms with Gasteiger partial charge >= 0.3 is 6.18 Å². The third-order valence-electron chi connectivity index (χ3n) is 4.80. The highest BCUT2D eigenvalue weighted by Crippen LogP contribution is 2.37. The lowest BCUT2D eigenvalue weighted by Crippen LogP contribution is -2.53. The van der Waals surface area contributed by atoms with Crippen molar-refractivity contribution in [1.29, 1.82) is 0 Å². The molecule has 2 fully saturated rings. The number of rotatable bonds is 2. The fraction of sp³-hybridized carbons (Fsp3) is 0.688. The Bertz CT molecular complexity index is 530. The van der Waals surface area contributed by atoms with Crippen molar-refractivity contribution in [1.82, 2.24) is 9.88 Å². The lowest BCUT2D eigenvalue weighted by atomic mass is 9.99. The molecule has 3 rings (SSSR count). The van der Waals surface area contributed by atoms with Crippen LogP contribution >= 0.6 is 0 Å². The van der Waals surface area contributed by atoms with Crippen LogP contribution in [0, 0.1) is 0 Å². The molecule has 4 nitrogen and oxygen atoms in total. The van der Waals surface area contributed by atoms with Gasteiger partial charge in [-0.1, -0.05) is 0 Å². The number of anilines is 1. The van der Waals surface area contributed by atoms with Crippen molar-refractivity contribution in [2.45, 2.75) is 38.0 Å². The normalized spacial score (nSPS) is 24.9. The van der Waals surface area contributed by atoms with Crippen LogP contribution in [0.1, 0.15) is 25.3 Å². The Hall–Kier alpha value is -1.34. The Labute approximate surface area is 134 Å². The molecule has 0 radical (unpaired) electrons. The number of ether oxygens (including phenoxy) is 1. The fourth-order valence-corrected chi connectivity index (χ4v) is 3.60. The minimum Gasteiger partial charge on any atom is -0.379 e. The monoisotopic (exact) mass is 329 g/mol. The van der Waals surface area contributed by atoms with Gasteiger partial charge < -0.3 is 9.64 Å². The summed E-state index contributed by atoms with van der Waals surface area (Å²) in [7, 11) is 0. The van der Waals surface area contributed by atoms with E-state index in [0.29, 0.717) is 25.2 Å². The number of hydrogen-bond donors (Lipinski definition) is 0. The Kier molecular flexibility index (Phi) is 4.77. The summed E-state index contributed by atoms with van der Waals surface area (Å²) in [5, 5.41) is 0. The second-order valence-corrected chi connectivity index (χ2v) is 6.27. The first kappa shape index (κ1) is 16.5. The van der Waals surface area contributed by atoms with Gasteiger partial charge in [0.15, 0.2) is 0 Å². The van der Waals surface area contributed by atoms with Gasteiger partial charge in [-0.3, -0.25) is 9.88 Å². The largest absolute Gasteiger partial charge is 0.419 e. The van der Waals surface area contributed by atoms with Crippen molar-refractivity contribution in [3.63, 3.8) is 0 Å². The maximum Gasteiger partial charge on any atom is 0.419 e. The minimum atomic E-state index is -4.36. The van der Waals surface area contributed by atoms with Crippen LogP contribution in [0.5, 0.6) is 0 Å². The van der Waals surface area contributed by atoms with Gasteiger partial charge in [0.25, 0.3) is 0 Å². The summed E-state index contributed by atoms with van der Waals surface area (Å²) in [6.45, 7) is 5.82. The van der Waals surface area contributed by atoms with E-state index in [1.54, 1.807) is 0 Å². The van der Waals surface area contributed by atoms with Crippen LogP contribution < -0.4 is 4.90 Å². The lowest BCUT2D eigenvalue weighted by Gasteiger charge is -2.44. The molecule has 0 amide bonds. The molecule has 0 aromatic carbocycles. The third kappa shape index (κ3) is 3.61. The van der Waals surface area contributed by atoms with Gasteiger partial charge in [0.1, 0.15) is 0 Å². The molecular weight excluding hydrogens is 307 g/mol. The Morgan fingerprint density at radius 2 is 1.96 bits per heavy atom. The molecule has 1 aromatic heterocycles. The van der Waals surface area contributed by atoms with E-state index in [4.69, 9.17) is 4.74 Å². The number of aromatic nitrogens is 1. The number of piperidine rings is 1. The number of hydrogen-bond acceptors (Lipinski definition) is 4. The van der Waals surface area contributed by atoms with Crippen LogP contribution in [0.2, 0.25) is 0 Å². The van der Waals surface area contributed by atoms with Crippen LogP contribution in [-0.2, 0) is 10.9 Å². The van der Waals surface area contributed by atoms with E-state index in [-0.39, 0.29) is 5.69 Å². The van der Waals surface area contributed by atoms with Gasteiger partial charge in [0, 0.05) is 44.1 Å². The summed E-state index contributed by atoms with van der Waals surface area (Å²) in [6, 6.07) is 2.29. The first-order valence-corrected chi connectivity index (χ1v) is 8.06. The summed E-state index contributed by atoms with van der Waals surface area (Å²) in [5.41, 5.74) is -0.390. The van der Waals surface area contributed by atoms with Gasteiger partial charge in [-0.15, -0.1) is 0 Å². The SMILES string of the molecule is CC1COCCN1C1CCN(c2ccncc2C(F)(F)F)CC1. The zero-order valence-electron chi connectivity index (χ0n) is 13.2. The first-order valence-electron chi connectivity index (χ1n) is 8.06. The van der Waals surface area contributed by atoms with Gasteiger partial charge in [-0.25, -0.2) is 0 Å². The number of alkyl halides is 3. The summed E-state index contributed by atoms with van der Waals surface area (Å²) < 4.78 is 44.9. The predicted octanol–water partition coefficient (Wildman–Crippen LogP) is 2.79. The van der Waals surface area contributed by atoms with E-state index >= 15 is 0 Å². The molecule has 3 heterocycles. The maximum absolute atomic E-state index is 13.1. The summed E-state index contributed by atoms with van der Waals surface area (Å²) >= 11 is 0. The van der Waals surface area contributed by atoms with Crippen molar-refractivity contribution >= 4 is 5.69 Å². The smallest absolute Gasteiger partial charge is 0.379 e. The second-order valence-electron chi connectivity index (χ2n) is 6.27. The van der Waals surface area contributed by atoms with Crippen LogP contribution in [0.3, 0.4) is 0 Å². The molecule has 7 heteroatoms. The molecule has 128 valence electrons. The Morgan fingerprint density at radius 3 is 2.61 bits per heavy atom. The highest BCUT2D eigenvalue weighted by Gasteiger charge is 2.36. The standard InChI is InChI=1S/C16H22F3N3O/c1-12-11-23-9-8-22(12)13-3-6-21(7-4-13)15-2-5-20-10-14(15)16(17,18)19/h2,5,10,12-13H,3-4,6-9,11H2,1H3. The van der Waals surface area contributed by atoms with E-state index in [2.05, 4.69) is 16.8 Å². The minimum absolute atomic E-state index is 0.251. The topological polar surface area (TPSA) is 28.6 Å². The highest BCUT2D eigenvalue weighted by atomic mass is 19.4. The summed E-state index contributed by atoms with van der Waals surface area (Å²) in [4.78, 5) is 7.92. The van der Waals surface area contributed by atoms with Crippen LogP contribution in [0.25, 0.3) is 0 Å². The van der Waals surface area contributed by atoms with Crippen molar-refractivity contribution in [2.24, 2.45) is 0 Å². The van der Waals surface area contributed by atoms with E-state index < -0.39 is 11.7 Å². The van der Waals surface area contributed by atoms with Gasteiger partial charge in [-0.05, 0) is 25.8 Å². The zero-order chi connectivity index (χ0) is 16.4. The number of pyridine rings is 1. The molecule has 1 atom stereocenters. The number of halogens is 3. The molecule has 2 aliphatic rings. The van der Waals surface area contributed by atoms with Crippen LogP contribution in [0.4, 0.5) is 18.9 Å². The number of nitrogens with zero attached hydrogens (tertiary/aromatic N) is 3. The summed E-state index contributed by atoms with van der Waals surface area (Å²) in [5.74, 6) is 0. The van der Waals surface area contributed by atoms with Gasteiger partial charge in [-0.2, -0.15) is 13.2 Å². The van der Waals surface area contributed by atoms with Crippen molar-refractivity contribution in [3.8, 4) is 0 Å². The van der Waals surface area contributed by atoms with E-state index in [0.717, 1.165) is 38.8 Å². The van der Waals surface area contributed by atoms with Crippen LogP contribution in [0.15, 0.2) is 18.5 Å². The Morgan fingerprint density at radius 1 is 1.22 bits per heavy atom. The summed E-state index contributed by atoms with van der Waals surface area (Å²) in [6.07, 6.45) is -0.251. The second kappa shape index (κ2) is 6.65. The molecule has 23 heavy (non-hydrogen) atoms. The molecule has 2 saturated heterocycles. The molecule has 2 aliphatic heterocycles. The Balaban J connectivity index is 1.68. The molecule has 1 aromatic rings.